The van der Waals surface area contributed by atoms with Gasteiger partial charge in [0.25, 0.3) is 0 Å². The number of aryl methyl sites for hydroxylation is 1. The largest absolute Gasteiger partial charge is 0.384 e. The Morgan fingerprint density at radius 3 is 3.00 bits per heavy atom. The molecule has 0 spiro atoms. The molecular formula is C13H23N5. The third kappa shape index (κ3) is 3.32. The van der Waals surface area contributed by atoms with Crippen LogP contribution < -0.4 is 11.1 Å². The van der Waals surface area contributed by atoms with Crippen LogP contribution in [-0.2, 0) is 6.42 Å². The SMILES string of the molecule is CCCc1nc(N)cc(NCC2CCCN2C)n1. The van der Waals surface area contributed by atoms with Crippen molar-refractivity contribution in [3.63, 3.8) is 0 Å². The van der Waals surface area contributed by atoms with Crippen LogP contribution in [0.4, 0.5) is 11.6 Å². The molecule has 0 saturated carbocycles. The summed E-state index contributed by atoms with van der Waals surface area (Å²) in [7, 11) is 2.18. The molecule has 100 valence electrons. The number of nitrogens with two attached hydrogens (primary N) is 1. The van der Waals surface area contributed by atoms with Crippen molar-refractivity contribution >= 4 is 11.6 Å². The fraction of sp³-hybridized carbons (Fsp3) is 0.692. The molecule has 0 aromatic carbocycles. The molecule has 2 heterocycles. The van der Waals surface area contributed by atoms with Gasteiger partial charge in [0.05, 0.1) is 0 Å². The molecule has 3 N–H and O–H groups in total. The van der Waals surface area contributed by atoms with E-state index < -0.39 is 0 Å². The molecule has 1 saturated heterocycles. The fourth-order valence-corrected chi connectivity index (χ4v) is 2.40. The highest BCUT2D eigenvalue weighted by atomic mass is 15.2. The van der Waals surface area contributed by atoms with Crippen molar-refractivity contribution in [2.24, 2.45) is 0 Å². The van der Waals surface area contributed by atoms with Crippen LogP contribution in [0.3, 0.4) is 0 Å². The van der Waals surface area contributed by atoms with Crippen LogP contribution >= 0.6 is 0 Å². The lowest BCUT2D eigenvalue weighted by Crippen LogP contribution is -2.31. The molecule has 1 aromatic heterocycles. The van der Waals surface area contributed by atoms with Gasteiger partial charge in [-0.3, -0.25) is 0 Å². The second-order valence-electron chi connectivity index (χ2n) is 5.00. The molecule has 1 aliphatic heterocycles. The van der Waals surface area contributed by atoms with E-state index in [1.165, 1.54) is 19.4 Å². The van der Waals surface area contributed by atoms with Crippen LogP contribution in [0.2, 0.25) is 0 Å². The molecule has 1 aromatic rings. The number of anilines is 2. The summed E-state index contributed by atoms with van der Waals surface area (Å²) in [5.74, 6) is 2.24. The number of hydrogen-bond acceptors (Lipinski definition) is 5. The van der Waals surface area contributed by atoms with Gasteiger partial charge >= 0.3 is 0 Å². The Hall–Kier alpha value is -1.36. The minimum Gasteiger partial charge on any atom is -0.384 e. The van der Waals surface area contributed by atoms with Crippen LogP contribution in [0.25, 0.3) is 0 Å². The minimum absolute atomic E-state index is 0.552. The van der Waals surface area contributed by atoms with Gasteiger partial charge in [0.1, 0.15) is 17.5 Å². The van der Waals surface area contributed by atoms with E-state index in [1.807, 2.05) is 6.07 Å². The van der Waals surface area contributed by atoms with Crippen LogP contribution in [-0.4, -0.2) is 41.0 Å². The van der Waals surface area contributed by atoms with E-state index in [9.17, 15) is 0 Å². The summed E-state index contributed by atoms with van der Waals surface area (Å²) in [6, 6.07) is 2.42. The predicted molar refractivity (Wildman–Crippen MR) is 74.6 cm³/mol. The van der Waals surface area contributed by atoms with E-state index in [4.69, 9.17) is 5.73 Å². The molecular weight excluding hydrogens is 226 g/mol. The Balaban J connectivity index is 1.95. The minimum atomic E-state index is 0.552. The third-order valence-electron chi connectivity index (χ3n) is 3.46. The van der Waals surface area contributed by atoms with Crippen molar-refractivity contribution in [2.75, 3.05) is 31.2 Å². The monoisotopic (exact) mass is 249 g/mol. The Kier molecular flexibility index (Phi) is 4.36. The van der Waals surface area contributed by atoms with Crippen molar-refractivity contribution in [3.05, 3.63) is 11.9 Å². The van der Waals surface area contributed by atoms with E-state index >= 15 is 0 Å². The van der Waals surface area contributed by atoms with Crippen molar-refractivity contribution in [2.45, 2.75) is 38.6 Å². The quantitative estimate of drug-likeness (QED) is 0.828. The maximum Gasteiger partial charge on any atom is 0.133 e. The van der Waals surface area contributed by atoms with Crippen LogP contribution in [0.15, 0.2) is 6.07 Å². The van der Waals surface area contributed by atoms with Crippen LogP contribution in [0.1, 0.15) is 32.0 Å². The maximum absolute atomic E-state index is 5.80. The topological polar surface area (TPSA) is 67.1 Å². The average molecular weight is 249 g/mol. The Morgan fingerprint density at radius 1 is 1.50 bits per heavy atom. The predicted octanol–water partition coefficient (Wildman–Crippen LogP) is 1.52. The highest BCUT2D eigenvalue weighted by Crippen LogP contribution is 2.16. The Bertz CT molecular complexity index is 393. The molecule has 5 nitrogen and oxygen atoms in total. The summed E-state index contributed by atoms with van der Waals surface area (Å²) in [4.78, 5) is 11.1. The summed E-state index contributed by atoms with van der Waals surface area (Å²) < 4.78 is 0. The molecule has 18 heavy (non-hydrogen) atoms. The molecule has 2 rings (SSSR count). The zero-order chi connectivity index (χ0) is 13.0. The first kappa shape index (κ1) is 13.1. The van der Waals surface area contributed by atoms with E-state index in [-0.39, 0.29) is 0 Å². The molecule has 0 aliphatic carbocycles. The zero-order valence-electron chi connectivity index (χ0n) is 11.3. The lowest BCUT2D eigenvalue weighted by molar-refractivity contribution is 0.322. The van der Waals surface area contributed by atoms with Gasteiger partial charge in [-0.2, -0.15) is 0 Å². The van der Waals surface area contributed by atoms with Gasteiger partial charge in [0, 0.05) is 25.1 Å². The smallest absolute Gasteiger partial charge is 0.133 e. The molecule has 1 fully saturated rings. The van der Waals surface area contributed by atoms with Gasteiger partial charge in [-0.05, 0) is 32.9 Å². The number of likely N-dealkylation sites (tertiary alicyclic amines) is 1. The van der Waals surface area contributed by atoms with E-state index in [0.717, 1.165) is 31.0 Å². The number of nitrogens with one attached hydrogen (secondary N) is 1. The number of nitrogen functional groups attached to an aromatic ring is 1. The number of aromatic nitrogens is 2. The van der Waals surface area contributed by atoms with Gasteiger partial charge in [-0.25, -0.2) is 9.97 Å². The highest BCUT2D eigenvalue weighted by molar-refractivity contribution is 5.44. The molecule has 0 amide bonds. The van der Waals surface area contributed by atoms with Crippen molar-refractivity contribution < 1.29 is 0 Å². The normalized spacial score (nSPS) is 20.2. The standard InChI is InChI=1S/C13H23N5/c1-3-5-12-16-11(14)8-13(17-12)15-9-10-6-4-7-18(10)2/h8,10H,3-7,9H2,1-2H3,(H3,14,15,16,17). The molecule has 1 unspecified atom stereocenters. The van der Waals surface area contributed by atoms with Crippen molar-refractivity contribution in [1.29, 1.82) is 0 Å². The number of hydrogen-bond donors (Lipinski definition) is 2. The summed E-state index contributed by atoms with van der Waals surface area (Å²) >= 11 is 0. The average Bonchev–Trinajstić information content (AvgIpc) is 2.72. The summed E-state index contributed by atoms with van der Waals surface area (Å²) in [5, 5.41) is 3.38. The Labute approximate surface area is 109 Å². The summed E-state index contributed by atoms with van der Waals surface area (Å²) in [6.07, 6.45) is 4.46. The van der Waals surface area contributed by atoms with E-state index in [0.29, 0.717) is 11.9 Å². The second kappa shape index (κ2) is 6.00. The molecule has 1 atom stereocenters. The number of likely N-dealkylation sites (N-methyl/N-ethyl adjacent to an activating group) is 1. The Morgan fingerprint density at radius 2 is 2.33 bits per heavy atom. The highest BCUT2D eigenvalue weighted by Gasteiger charge is 2.20. The summed E-state index contributed by atoms with van der Waals surface area (Å²) in [6.45, 7) is 4.24. The van der Waals surface area contributed by atoms with Gasteiger partial charge in [-0.15, -0.1) is 0 Å². The zero-order valence-corrected chi connectivity index (χ0v) is 11.3. The molecule has 0 radical (unpaired) electrons. The van der Waals surface area contributed by atoms with Gasteiger partial charge < -0.3 is 16.0 Å². The van der Waals surface area contributed by atoms with Crippen LogP contribution in [0.5, 0.6) is 0 Å². The summed E-state index contributed by atoms with van der Waals surface area (Å²) in [5.41, 5.74) is 5.80. The van der Waals surface area contributed by atoms with Gasteiger partial charge in [0.2, 0.25) is 0 Å². The van der Waals surface area contributed by atoms with E-state index in [1.54, 1.807) is 0 Å². The second-order valence-corrected chi connectivity index (χ2v) is 5.00. The first-order chi connectivity index (χ1) is 8.69. The van der Waals surface area contributed by atoms with Crippen molar-refractivity contribution in [3.8, 4) is 0 Å². The van der Waals surface area contributed by atoms with Crippen molar-refractivity contribution in [1.82, 2.24) is 14.9 Å². The maximum atomic E-state index is 5.80. The number of nitrogens with zero attached hydrogens (tertiary/aromatic N) is 3. The lowest BCUT2D eigenvalue weighted by Gasteiger charge is -2.20. The number of rotatable bonds is 5. The molecule has 0 bridgehead atoms. The van der Waals surface area contributed by atoms with E-state index in [2.05, 4.69) is 34.2 Å². The molecule has 5 heteroatoms. The van der Waals surface area contributed by atoms with Gasteiger partial charge in [0.15, 0.2) is 0 Å². The molecule has 1 aliphatic rings. The fourth-order valence-electron chi connectivity index (χ4n) is 2.40. The van der Waals surface area contributed by atoms with Gasteiger partial charge in [-0.1, -0.05) is 6.92 Å². The van der Waals surface area contributed by atoms with Crippen LogP contribution in [0, 0.1) is 0 Å². The first-order valence-electron chi connectivity index (χ1n) is 6.76. The lowest BCUT2D eigenvalue weighted by atomic mass is 10.2. The first-order valence-corrected chi connectivity index (χ1v) is 6.76. The third-order valence-corrected chi connectivity index (χ3v) is 3.46.